The van der Waals surface area contributed by atoms with Crippen LogP contribution in [0, 0.1) is 0 Å². The van der Waals surface area contributed by atoms with Crippen LogP contribution in [-0.2, 0) is 0 Å². The molecule has 7 nitrogen and oxygen atoms in total. The van der Waals surface area contributed by atoms with Crippen LogP contribution in [0.5, 0.6) is 0 Å². The Kier molecular flexibility index (Phi) is 5.47. The number of hydrogen-bond donors (Lipinski definition) is 3. The van der Waals surface area contributed by atoms with Crippen molar-refractivity contribution < 1.29 is 0 Å². The van der Waals surface area contributed by atoms with E-state index >= 15 is 0 Å². The van der Waals surface area contributed by atoms with Crippen molar-refractivity contribution in [2.45, 2.75) is 12.8 Å². The van der Waals surface area contributed by atoms with Gasteiger partial charge in [-0.1, -0.05) is 30.3 Å². The van der Waals surface area contributed by atoms with Gasteiger partial charge in [0.15, 0.2) is 0 Å². The zero-order valence-electron chi connectivity index (χ0n) is 17.3. The Morgan fingerprint density at radius 1 is 1.06 bits per heavy atom. The van der Waals surface area contributed by atoms with Gasteiger partial charge in [-0.3, -0.25) is 5.01 Å². The molecule has 0 saturated carbocycles. The van der Waals surface area contributed by atoms with Gasteiger partial charge < -0.3 is 15.6 Å². The second-order valence-corrected chi connectivity index (χ2v) is 7.54. The van der Waals surface area contributed by atoms with Crippen molar-refractivity contribution in [2.75, 3.05) is 30.3 Å². The molecule has 1 aliphatic rings. The second kappa shape index (κ2) is 8.87. The summed E-state index contributed by atoms with van der Waals surface area (Å²) in [5, 5.41) is 14.3. The van der Waals surface area contributed by atoms with Crippen molar-refractivity contribution >= 4 is 34.6 Å². The van der Waals surface area contributed by atoms with Gasteiger partial charge in [-0.25, -0.2) is 4.98 Å². The first-order valence-corrected chi connectivity index (χ1v) is 10.6. The van der Waals surface area contributed by atoms with Gasteiger partial charge in [0.2, 0.25) is 5.95 Å². The van der Waals surface area contributed by atoms with Crippen molar-refractivity contribution in [1.82, 2.24) is 20.0 Å². The van der Waals surface area contributed by atoms with Crippen LogP contribution in [0.25, 0.3) is 22.0 Å². The summed E-state index contributed by atoms with van der Waals surface area (Å²) in [4.78, 5) is 12.3. The molecule has 156 valence electrons. The maximum absolute atomic E-state index is 4.60. The van der Waals surface area contributed by atoms with Crippen LogP contribution >= 0.6 is 0 Å². The number of anilines is 3. The minimum atomic E-state index is 0.574. The van der Waals surface area contributed by atoms with E-state index in [9.17, 15) is 0 Å². The van der Waals surface area contributed by atoms with Crippen LogP contribution in [0.2, 0.25) is 0 Å². The van der Waals surface area contributed by atoms with Crippen molar-refractivity contribution in [1.29, 1.82) is 0 Å². The number of aromatic amines is 1. The number of rotatable bonds is 8. The first-order chi connectivity index (χ1) is 15.3. The van der Waals surface area contributed by atoms with Crippen molar-refractivity contribution in [2.24, 2.45) is 5.10 Å². The summed E-state index contributed by atoms with van der Waals surface area (Å²) in [7, 11) is 0. The lowest BCUT2D eigenvalue weighted by molar-refractivity contribution is 0.317. The number of benzene rings is 2. The molecule has 2 aromatic heterocycles. The van der Waals surface area contributed by atoms with Crippen molar-refractivity contribution in [3.05, 3.63) is 67.0 Å². The maximum Gasteiger partial charge on any atom is 0.229 e. The van der Waals surface area contributed by atoms with E-state index in [1.54, 1.807) is 6.20 Å². The molecule has 3 heterocycles. The number of nitrogens with zero attached hydrogens (tertiary/aromatic N) is 4. The van der Waals surface area contributed by atoms with E-state index in [4.69, 9.17) is 0 Å². The normalized spacial score (nSPS) is 13.1. The smallest absolute Gasteiger partial charge is 0.229 e. The van der Waals surface area contributed by atoms with Gasteiger partial charge in [-0.15, -0.1) is 0 Å². The zero-order valence-corrected chi connectivity index (χ0v) is 17.3. The number of nitrogens with one attached hydrogen (secondary N) is 3. The van der Waals surface area contributed by atoms with E-state index in [0.29, 0.717) is 5.95 Å². The first kappa shape index (κ1) is 19.1. The summed E-state index contributed by atoms with van der Waals surface area (Å²) in [6.45, 7) is 2.83. The molecular formula is C24H25N7. The van der Waals surface area contributed by atoms with Gasteiger partial charge in [0, 0.05) is 66.8 Å². The lowest BCUT2D eigenvalue weighted by Gasteiger charge is -2.14. The third-order valence-corrected chi connectivity index (χ3v) is 5.33. The largest absolute Gasteiger partial charge is 0.370 e. The molecule has 1 aliphatic heterocycles. The van der Waals surface area contributed by atoms with Crippen LogP contribution in [0.15, 0.2) is 72.1 Å². The fourth-order valence-electron chi connectivity index (χ4n) is 3.81. The van der Waals surface area contributed by atoms with E-state index in [-0.39, 0.29) is 0 Å². The zero-order chi connectivity index (χ0) is 20.9. The summed E-state index contributed by atoms with van der Waals surface area (Å²) < 4.78 is 0. The fourth-order valence-corrected chi connectivity index (χ4v) is 3.81. The minimum absolute atomic E-state index is 0.574. The highest BCUT2D eigenvalue weighted by Crippen LogP contribution is 2.30. The lowest BCUT2D eigenvalue weighted by Crippen LogP contribution is -2.18. The Morgan fingerprint density at radius 3 is 2.97 bits per heavy atom. The topological polar surface area (TPSA) is 81.2 Å². The standard InChI is InChI=1S/C24H25N7/c1-2-9-22-20(8-1)21(17-27-22)18-6-3-7-19(16-18)29-24-26-13-10-23(30-24)25-11-4-14-31-15-5-12-28-31/h1-3,6-10,12-13,16-17,27H,4-5,11,14-15H2,(H2,25,26,29,30). The van der Waals surface area contributed by atoms with Gasteiger partial charge >= 0.3 is 0 Å². The molecule has 0 radical (unpaired) electrons. The van der Waals surface area contributed by atoms with E-state index in [1.165, 1.54) is 10.9 Å². The first-order valence-electron chi connectivity index (χ1n) is 10.6. The molecule has 0 fully saturated rings. The summed E-state index contributed by atoms with van der Waals surface area (Å²) in [6.07, 6.45) is 7.86. The minimum Gasteiger partial charge on any atom is -0.370 e. The van der Waals surface area contributed by atoms with Crippen LogP contribution in [0.3, 0.4) is 0 Å². The molecule has 4 aromatic rings. The Balaban J connectivity index is 1.24. The summed E-state index contributed by atoms with van der Waals surface area (Å²) in [6, 6.07) is 18.5. The van der Waals surface area contributed by atoms with Gasteiger partial charge in [-0.05, 0) is 36.2 Å². The average Bonchev–Trinajstić information content (AvgIpc) is 3.47. The third kappa shape index (κ3) is 4.50. The summed E-state index contributed by atoms with van der Waals surface area (Å²) in [5.74, 6) is 1.39. The number of fused-ring (bicyclic) bond motifs is 1. The van der Waals surface area contributed by atoms with Gasteiger partial charge in [0.1, 0.15) is 5.82 Å². The molecule has 0 unspecified atom stereocenters. The molecule has 0 aliphatic carbocycles. The van der Waals surface area contributed by atoms with Crippen LogP contribution < -0.4 is 10.6 Å². The molecule has 5 rings (SSSR count). The predicted octanol–water partition coefficient (Wildman–Crippen LogP) is 4.86. The Bertz CT molecular complexity index is 1200. The maximum atomic E-state index is 4.60. The molecule has 0 amide bonds. The Labute approximate surface area is 181 Å². The summed E-state index contributed by atoms with van der Waals surface area (Å²) >= 11 is 0. The van der Waals surface area contributed by atoms with E-state index < -0.39 is 0 Å². The highest BCUT2D eigenvalue weighted by atomic mass is 15.5. The molecule has 0 atom stereocenters. The Morgan fingerprint density at radius 2 is 2.03 bits per heavy atom. The predicted molar refractivity (Wildman–Crippen MR) is 127 cm³/mol. The number of para-hydroxylation sites is 1. The number of hydrazone groups is 1. The molecule has 0 bridgehead atoms. The van der Waals surface area contributed by atoms with Crippen LogP contribution in [0.4, 0.5) is 17.5 Å². The Hall–Kier alpha value is -3.87. The van der Waals surface area contributed by atoms with Crippen molar-refractivity contribution in [3.63, 3.8) is 0 Å². The monoisotopic (exact) mass is 411 g/mol. The van der Waals surface area contributed by atoms with Gasteiger partial charge in [0.05, 0.1) is 0 Å². The number of hydrogen-bond acceptors (Lipinski definition) is 6. The van der Waals surface area contributed by atoms with Crippen LogP contribution in [0.1, 0.15) is 12.8 Å². The molecule has 0 spiro atoms. The molecule has 0 saturated heterocycles. The highest BCUT2D eigenvalue weighted by Gasteiger charge is 2.08. The number of aromatic nitrogens is 3. The molecule has 2 aromatic carbocycles. The van der Waals surface area contributed by atoms with Crippen LogP contribution in [-0.4, -0.2) is 45.8 Å². The second-order valence-electron chi connectivity index (χ2n) is 7.54. The number of H-pyrrole nitrogens is 1. The molecule has 3 N–H and O–H groups in total. The SMILES string of the molecule is C1=NN(CCCNc2ccnc(Nc3cccc(-c4c[nH]c5ccccc45)c3)n2)CC1. The average molecular weight is 412 g/mol. The van der Waals surface area contributed by atoms with E-state index in [0.717, 1.165) is 55.1 Å². The van der Waals surface area contributed by atoms with E-state index in [1.807, 2.05) is 30.5 Å². The quantitative estimate of drug-likeness (QED) is 0.361. The molecule has 7 heteroatoms. The summed E-state index contributed by atoms with van der Waals surface area (Å²) in [5.41, 5.74) is 4.40. The van der Waals surface area contributed by atoms with E-state index in [2.05, 4.69) is 72.2 Å². The van der Waals surface area contributed by atoms with Gasteiger partial charge in [0.25, 0.3) is 0 Å². The van der Waals surface area contributed by atoms with Gasteiger partial charge in [-0.2, -0.15) is 10.1 Å². The fraction of sp³-hybridized carbons (Fsp3) is 0.208. The molecular weight excluding hydrogens is 386 g/mol. The lowest BCUT2D eigenvalue weighted by atomic mass is 10.0. The third-order valence-electron chi connectivity index (χ3n) is 5.33. The van der Waals surface area contributed by atoms with Crippen molar-refractivity contribution in [3.8, 4) is 11.1 Å². The highest BCUT2D eigenvalue weighted by molar-refractivity contribution is 5.96. The molecule has 31 heavy (non-hydrogen) atoms.